The fourth-order valence-corrected chi connectivity index (χ4v) is 2.92. The van der Waals surface area contributed by atoms with E-state index in [1.807, 2.05) is 44.2 Å². The summed E-state index contributed by atoms with van der Waals surface area (Å²) < 4.78 is 0. The molecule has 1 amide bonds. The Balaban J connectivity index is 1.62. The molecule has 3 rings (SSSR count). The van der Waals surface area contributed by atoms with E-state index in [4.69, 9.17) is 0 Å². The molecule has 1 saturated heterocycles. The Kier molecular flexibility index (Phi) is 5.28. The van der Waals surface area contributed by atoms with Gasteiger partial charge in [0.15, 0.2) is 11.6 Å². The van der Waals surface area contributed by atoms with E-state index >= 15 is 0 Å². The van der Waals surface area contributed by atoms with Gasteiger partial charge < -0.3 is 15.1 Å². The number of carbonyl (C=O) groups is 1. The number of anilines is 2. The highest BCUT2D eigenvalue weighted by Gasteiger charge is 2.17. The van der Waals surface area contributed by atoms with Crippen LogP contribution in [0.3, 0.4) is 0 Å². The maximum Gasteiger partial charge on any atom is 0.256 e. The smallest absolute Gasteiger partial charge is 0.256 e. The summed E-state index contributed by atoms with van der Waals surface area (Å²) in [6.45, 7) is 11.3. The minimum absolute atomic E-state index is 0.165. The van der Waals surface area contributed by atoms with Gasteiger partial charge >= 0.3 is 0 Å². The predicted molar refractivity (Wildman–Crippen MR) is 100 cm³/mol. The van der Waals surface area contributed by atoms with Gasteiger partial charge in [0.1, 0.15) is 0 Å². The van der Waals surface area contributed by atoms with Crippen LogP contribution in [-0.4, -0.2) is 53.7 Å². The topological polar surface area (TPSA) is 61.4 Å². The molecule has 0 atom stereocenters. The normalized spacial score (nSPS) is 15.2. The van der Waals surface area contributed by atoms with Crippen molar-refractivity contribution < 1.29 is 4.79 Å². The van der Waals surface area contributed by atoms with Crippen LogP contribution < -0.4 is 10.2 Å². The standard InChI is InChI=1S/C19H25N5O/c1-4-23-9-11-24(12-10-23)18-8-7-17(21-22-18)20-19(25)16-6-5-14(2)15(3)13-16/h5-8,13H,4,9-12H2,1-3H3,(H,20,21,25). The van der Waals surface area contributed by atoms with Crippen molar-refractivity contribution in [2.75, 3.05) is 42.9 Å². The fourth-order valence-electron chi connectivity index (χ4n) is 2.92. The third-order valence-electron chi connectivity index (χ3n) is 4.80. The summed E-state index contributed by atoms with van der Waals surface area (Å²) in [6, 6.07) is 9.40. The number of aryl methyl sites for hydroxylation is 2. The van der Waals surface area contributed by atoms with E-state index in [1.165, 1.54) is 5.56 Å². The van der Waals surface area contributed by atoms with E-state index in [0.29, 0.717) is 11.4 Å². The van der Waals surface area contributed by atoms with Crippen LogP contribution in [-0.2, 0) is 0 Å². The molecule has 0 bridgehead atoms. The molecule has 2 heterocycles. The van der Waals surface area contributed by atoms with Gasteiger partial charge in [-0.1, -0.05) is 13.0 Å². The second-order valence-electron chi connectivity index (χ2n) is 6.45. The minimum atomic E-state index is -0.165. The van der Waals surface area contributed by atoms with Crippen LogP contribution in [0.15, 0.2) is 30.3 Å². The first-order chi connectivity index (χ1) is 12.1. The van der Waals surface area contributed by atoms with Crippen LogP contribution in [0.25, 0.3) is 0 Å². The minimum Gasteiger partial charge on any atom is -0.353 e. The van der Waals surface area contributed by atoms with Gasteiger partial charge in [0.25, 0.3) is 5.91 Å². The number of carbonyl (C=O) groups excluding carboxylic acids is 1. The molecule has 1 aromatic heterocycles. The average Bonchev–Trinajstić information content (AvgIpc) is 2.64. The highest BCUT2D eigenvalue weighted by atomic mass is 16.1. The Morgan fingerprint density at radius 2 is 1.80 bits per heavy atom. The van der Waals surface area contributed by atoms with Gasteiger partial charge in [-0.05, 0) is 55.8 Å². The molecule has 6 nitrogen and oxygen atoms in total. The van der Waals surface area contributed by atoms with Gasteiger partial charge in [-0.25, -0.2) is 0 Å². The van der Waals surface area contributed by atoms with E-state index in [1.54, 1.807) is 0 Å². The van der Waals surface area contributed by atoms with Crippen molar-refractivity contribution in [2.45, 2.75) is 20.8 Å². The van der Waals surface area contributed by atoms with Gasteiger partial charge in [0.05, 0.1) is 0 Å². The summed E-state index contributed by atoms with van der Waals surface area (Å²) in [5.74, 6) is 1.17. The maximum absolute atomic E-state index is 12.3. The van der Waals surface area contributed by atoms with E-state index < -0.39 is 0 Å². The third kappa shape index (κ3) is 4.14. The Hall–Kier alpha value is -2.47. The largest absolute Gasteiger partial charge is 0.353 e. The van der Waals surface area contributed by atoms with Crippen LogP contribution in [0, 0.1) is 13.8 Å². The molecule has 1 fully saturated rings. The van der Waals surface area contributed by atoms with Crippen LogP contribution in [0.5, 0.6) is 0 Å². The molecule has 0 saturated carbocycles. The summed E-state index contributed by atoms with van der Waals surface area (Å²) in [7, 11) is 0. The number of aromatic nitrogens is 2. The Morgan fingerprint density at radius 3 is 2.40 bits per heavy atom. The molecule has 1 aliphatic rings. The van der Waals surface area contributed by atoms with E-state index in [0.717, 1.165) is 44.1 Å². The van der Waals surface area contributed by atoms with Crippen LogP contribution in [0.4, 0.5) is 11.6 Å². The molecule has 0 aliphatic carbocycles. The van der Waals surface area contributed by atoms with Crippen molar-refractivity contribution in [3.63, 3.8) is 0 Å². The molecule has 132 valence electrons. The Morgan fingerprint density at radius 1 is 1.04 bits per heavy atom. The summed E-state index contributed by atoms with van der Waals surface area (Å²) in [5, 5.41) is 11.2. The quantitative estimate of drug-likeness (QED) is 0.927. The zero-order chi connectivity index (χ0) is 17.8. The number of hydrogen-bond acceptors (Lipinski definition) is 5. The lowest BCUT2D eigenvalue weighted by Crippen LogP contribution is -2.46. The van der Waals surface area contributed by atoms with Crippen molar-refractivity contribution in [3.8, 4) is 0 Å². The number of piperazine rings is 1. The second-order valence-corrected chi connectivity index (χ2v) is 6.45. The van der Waals surface area contributed by atoms with E-state index in [2.05, 4.69) is 32.2 Å². The molecule has 0 radical (unpaired) electrons. The Labute approximate surface area is 148 Å². The molecule has 6 heteroatoms. The molecule has 0 unspecified atom stereocenters. The first-order valence-corrected chi connectivity index (χ1v) is 8.76. The van der Waals surface area contributed by atoms with Crippen molar-refractivity contribution in [1.29, 1.82) is 0 Å². The zero-order valence-corrected chi connectivity index (χ0v) is 15.1. The molecule has 25 heavy (non-hydrogen) atoms. The summed E-state index contributed by atoms with van der Waals surface area (Å²) in [5.41, 5.74) is 2.90. The van der Waals surface area contributed by atoms with Crippen LogP contribution in [0.2, 0.25) is 0 Å². The lowest BCUT2D eigenvalue weighted by Gasteiger charge is -2.34. The lowest BCUT2D eigenvalue weighted by molar-refractivity contribution is 0.102. The number of hydrogen-bond donors (Lipinski definition) is 1. The van der Waals surface area contributed by atoms with Gasteiger partial charge in [-0.2, -0.15) is 0 Å². The molecule has 2 aromatic rings. The lowest BCUT2D eigenvalue weighted by atomic mass is 10.1. The van der Waals surface area contributed by atoms with E-state index in [-0.39, 0.29) is 5.91 Å². The van der Waals surface area contributed by atoms with Gasteiger partial charge in [-0.15, -0.1) is 10.2 Å². The number of benzene rings is 1. The number of amides is 1. The highest BCUT2D eigenvalue weighted by Crippen LogP contribution is 2.15. The molecule has 1 aliphatic heterocycles. The second kappa shape index (κ2) is 7.61. The summed E-state index contributed by atoms with van der Waals surface area (Å²) in [6.07, 6.45) is 0. The predicted octanol–water partition coefficient (Wildman–Crippen LogP) is 2.49. The van der Waals surface area contributed by atoms with Crippen molar-refractivity contribution in [2.24, 2.45) is 0 Å². The third-order valence-corrected chi connectivity index (χ3v) is 4.80. The molecule has 0 spiro atoms. The highest BCUT2D eigenvalue weighted by molar-refractivity contribution is 6.03. The first kappa shape index (κ1) is 17.4. The number of rotatable bonds is 4. The summed E-state index contributed by atoms with van der Waals surface area (Å²) in [4.78, 5) is 17.0. The molecular formula is C19H25N5O. The number of likely N-dealkylation sites (N-methyl/N-ethyl adjacent to an activating group) is 1. The fraction of sp³-hybridized carbons (Fsp3) is 0.421. The van der Waals surface area contributed by atoms with Crippen molar-refractivity contribution in [3.05, 3.63) is 47.0 Å². The summed E-state index contributed by atoms with van der Waals surface area (Å²) >= 11 is 0. The first-order valence-electron chi connectivity index (χ1n) is 8.76. The van der Waals surface area contributed by atoms with Gasteiger partial charge in [0, 0.05) is 31.7 Å². The zero-order valence-electron chi connectivity index (χ0n) is 15.1. The average molecular weight is 339 g/mol. The maximum atomic E-state index is 12.3. The number of nitrogens with zero attached hydrogens (tertiary/aromatic N) is 4. The van der Waals surface area contributed by atoms with Crippen molar-refractivity contribution in [1.82, 2.24) is 15.1 Å². The molecule has 1 aromatic carbocycles. The SMILES string of the molecule is CCN1CCN(c2ccc(NC(=O)c3ccc(C)c(C)c3)nn2)CC1. The van der Waals surface area contributed by atoms with Gasteiger partial charge in [0.2, 0.25) is 0 Å². The van der Waals surface area contributed by atoms with Gasteiger partial charge in [-0.3, -0.25) is 4.79 Å². The Bertz CT molecular complexity index is 736. The van der Waals surface area contributed by atoms with Crippen molar-refractivity contribution >= 4 is 17.5 Å². The molecular weight excluding hydrogens is 314 g/mol. The molecule has 1 N–H and O–H groups in total. The monoisotopic (exact) mass is 339 g/mol. The van der Waals surface area contributed by atoms with Crippen LogP contribution in [0.1, 0.15) is 28.4 Å². The number of nitrogens with one attached hydrogen (secondary N) is 1. The van der Waals surface area contributed by atoms with E-state index in [9.17, 15) is 4.79 Å². The van der Waals surface area contributed by atoms with Crippen LogP contribution >= 0.6 is 0 Å².